The molecule has 0 aliphatic rings. The van der Waals surface area contributed by atoms with Crippen LogP contribution in [0.5, 0.6) is 0 Å². The second kappa shape index (κ2) is 6.87. The number of fused-ring (bicyclic) bond motifs is 7. The quantitative estimate of drug-likeness (QED) is 0.259. The topological polar surface area (TPSA) is 23.0 Å². The molecular formula is C32H20N2O. The summed E-state index contributed by atoms with van der Waals surface area (Å²) >= 11 is 0. The molecule has 3 heterocycles. The van der Waals surface area contributed by atoms with Crippen molar-refractivity contribution in [2.75, 3.05) is 0 Å². The maximum absolute atomic E-state index is 5.78. The summed E-state index contributed by atoms with van der Waals surface area (Å²) in [6.45, 7) is 0. The molecule has 0 unspecified atom stereocenters. The normalized spacial score (nSPS) is 12.0. The summed E-state index contributed by atoms with van der Waals surface area (Å²) in [6, 6.07) is 41.2. The Labute approximate surface area is 201 Å². The van der Waals surface area contributed by atoms with Gasteiger partial charge in [-0.25, -0.2) is 0 Å². The van der Waals surface area contributed by atoms with Crippen LogP contribution in [0.15, 0.2) is 126 Å². The van der Waals surface area contributed by atoms with Gasteiger partial charge in [-0.2, -0.15) is 0 Å². The molecule has 0 radical (unpaired) electrons. The van der Waals surface area contributed by atoms with E-state index >= 15 is 0 Å². The van der Waals surface area contributed by atoms with Crippen LogP contribution in [-0.2, 0) is 0 Å². The Morgan fingerprint density at radius 3 is 1.83 bits per heavy atom. The van der Waals surface area contributed by atoms with Gasteiger partial charge in [0.25, 0.3) is 0 Å². The number of benzene rings is 5. The molecule has 3 aromatic heterocycles. The first-order valence-electron chi connectivity index (χ1n) is 11.9. The van der Waals surface area contributed by atoms with E-state index in [1.807, 2.05) is 6.07 Å². The molecule has 35 heavy (non-hydrogen) atoms. The lowest BCUT2D eigenvalue weighted by molar-refractivity contribution is 0.616. The van der Waals surface area contributed by atoms with E-state index in [-0.39, 0.29) is 0 Å². The zero-order valence-electron chi connectivity index (χ0n) is 18.8. The minimum atomic E-state index is 0.906. The summed E-state index contributed by atoms with van der Waals surface area (Å²) in [5.41, 5.74) is 7.99. The number of furan rings is 1. The Morgan fingerprint density at radius 2 is 1.06 bits per heavy atom. The molecule has 0 atom stereocenters. The van der Waals surface area contributed by atoms with E-state index in [0.29, 0.717) is 0 Å². The highest BCUT2D eigenvalue weighted by Gasteiger charge is 2.17. The number of hydrogen-bond acceptors (Lipinski definition) is 1. The molecule has 0 fully saturated rings. The fraction of sp³-hybridized carbons (Fsp3) is 0. The smallest absolute Gasteiger partial charge is 0.135 e. The van der Waals surface area contributed by atoms with E-state index in [0.717, 1.165) is 22.2 Å². The van der Waals surface area contributed by atoms with Crippen LogP contribution in [0.1, 0.15) is 0 Å². The minimum absolute atomic E-state index is 0.906. The average Bonchev–Trinajstić information content (AvgIpc) is 3.59. The molecule has 3 heteroatoms. The van der Waals surface area contributed by atoms with Gasteiger partial charge < -0.3 is 13.6 Å². The molecule has 0 aliphatic carbocycles. The lowest BCUT2D eigenvalue weighted by atomic mass is 10.1. The van der Waals surface area contributed by atoms with Gasteiger partial charge in [0.2, 0.25) is 0 Å². The van der Waals surface area contributed by atoms with Gasteiger partial charge in [0, 0.05) is 44.4 Å². The molecule has 0 saturated heterocycles. The monoisotopic (exact) mass is 448 g/mol. The predicted molar refractivity (Wildman–Crippen MR) is 145 cm³/mol. The van der Waals surface area contributed by atoms with Crippen LogP contribution in [0.3, 0.4) is 0 Å². The largest absolute Gasteiger partial charge is 0.464 e. The van der Waals surface area contributed by atoms with Gasteiger partial charge in [-0.3, -0.25) is 0 Å². The molecule has 8 aromatic rings. The van der Waals surface area contributed by atoms with Crippen molar-refractivity contribution in [1.29, 1.82) is 0 Å². The zero-order valence-corrected chi connectivity index (χ0v) is 18.8. The van der Waals surface area contributed by atoms with Crippen molar-refractivity contribution in [1.82, 2.24) is 9.13 Å². The highest BCUT2D eigenvalue weighted by atomic mass is 16.3. The Bertz CT molecular complexity index is 2050. The van der Waals surface area contributed by atoms with Gasteiger partial charge in [-0.15, -0.1) is 0 Å². The van der Waals surface area contributed by atoms with E-state index < -0.39 is 0 Å². The van der Waals surface area contributed by atoms with E-state index in [4.69, 9.17) is 4.42 Å². The molecule has 164 valence electrons. The zero-order chi connectivity index (χ0) is 22.9. The van der Waals surface area contributed by atoms with Gasteiger partial charge in [0.05, 0.1) is 28.3 Å². The van der Waals surface area contributed by atoms with Crippen molar-refractivity contribution in [3.8, 4) is 11.4 Å². The van der Waals surface area contributed by atoms with E-state index in [1.165, 1.54) is 43.8 Å². The van der Waals surface area contributed by atoms with Crippen LogP contribution in [0.4, 0.5) is 0 Å². The predicted octanol–water partition coefficient (Wildman–Crippen LogP) is 8.63. The summed E-state index contributed by atoms with van der Waals surface area (Å²) in [5, 5.41) is 6.11. The average molecular weight is 449 g/mol. The standard InChI is InChI=1S/C32H20N2O/c1-2-8-22(9-3-1)33-28-12-6-5-11-25(28)27-19-23(14-15-30(27)33)34-29-13-7-4-10-24(29)26-18-21-16-17-35-32(21)20-31(26)34/h1-20H. The first-order chi connectivity index (χ1) is 17.4. The SMILES string of the molecule is c1ccc(-n2c3ccccc3c3cc(-n4c5ccccc5c5cc6ccoc6cc54)ccc32)cc1. The Morgan fingerprint density at radius 1 is 0.429 bits per heavy atom. The lowest BCUT2D eigenvalue weighted by Gasteiger charge is -2.10. The number of hydrogen-bond donors (Lipinski definition) is 0. The first-order valence-corrected chi connectivity index (χ1v) is 11.9. The summed E-state index contributed by atoms with van der Waals surface area (Å²) in [5.74, 6) is 0. The van der Waals surface area contributed by atoms with Crippen LogP contribution in [0.25, 0.3) is 66.0 Å². The van der Waals surface area contributed by atoms with Crippen molar-refractivity contribution in [2.24, 2.45) is 0 Å². The fourth-order valence-electron chi connectivity index (χ4n) is 5.66. The van der Waals surface area contributed by atoms with E-state index in [1.54, 1.807) is 6.26 Å². The van der Waals surface area contributed by atoms with Gasteiger partial charge in [-0.05, 0) is 54.6 Å². The molecule has 0 amide bonds. The number of aromatic nitrogens is 2. The number of para-hydroxylation sites is 3. The second-order valence-electron chi connectivity index (χ2n) is 9.07. The van der Waals surface area contributed by atoms with E-state index in [9.17, 15) is 0 Å². The molecular weight excluding hydrogens is 428 g/mol. The molecule has 0 spiro atoms. The molecule has 8 rings (SSSR count). The first kappa shape index (κ1) is 18.6. The number of rotatable bonds is 2. The Hall–Kier alpha value is -4.76. The molecule has 0 bridgehead atoms. The van der Waals surface area contributed by atoms with Crippen LogP contribution < -0.4 is 0 Å². The highest BCUT2D eigenvalue weighted by molar-refractivity contribution is 6.14. The summed E-state index contributed by atoms with van der Waals surface area (Å²) in [7, 11) is 0. The molecule has 0 aliphatic heterocycles. The maximum atomic E-state index is 5.78. The van der Waals surface area contributed by atoms with Crippen LogP contribution in [-0.4, -0.2) is 9.13 Å². The van der Waals surface area contributed by atoms with Crippen LogP contribution in [0.2, 0.25) is 0 Å². The van der Waals surface area contributed by atoms with Crippen molar-refractivity contribution < 1.29 is 4.42 Å². The third kappa shape index (κ3) is 2.55. The van der Waals surface area contributed by atoms with Gasteiger partial charge in [0.15, 0.2) is 0 Å². The summed E-state index contributed by atoms with van der Waals surface area (Å²) in [4.78, 5) is 0. The lowest BCUT2D eigenvalue weighted by Crippen LogP contribution is -1.95. The van der Waals surface area contributed by atoms with E-state index in [2.05, 4.69) is 118 Å². The van der Waals surface area contributed by atoms with Crippen molar-refractivity contribution in [2.45, 2.75) is 0 Å². The molecule has 3 nitrogen and oxygen atoms in total. The second-order valence-corrected chi connectivity index (χ2v) is 9.07. The van der Waals surface area contributed by atoms with Gasteiger partial charge in [-0.1, -0.05) is 54.6 Å². The third-order valence-corrected chi connectivity index (χ3v) is 7.18. The Balaban J connectivity index is 1.49. The summed E-state index contributed by atoms with van der Waals surface area (Å²) < 4.78 is 10.5. The van der Waals surface area contributed by atoms with Crippen molar-refractivity contribution in [3.63, 3.8) is 0 Å². The summed E-state index contributed by atoms with van der Waals surface area (Å²) in [6.07, 6.45) is 1.76. The molecule has 0 saturated carbocycles. The van der Waals surface area contributed by atoms with Crippen LogP contribution in [0, 0.1) is 0 Å². The minimum Gasteiger partial charge on any atom is -0.464 e. The molecule has 5 aromatic carbocycles. The highest BCUT2D eigenvalue weighted by Crippen LogP contribution is 2.38. The number of nitrogens with zero attached hydrogens (tertiary/aromatic N) is 2. The van der Waals surface area contributed by atoms with Crippen molar-refractivity contribution in [3.05, 3.63) is 122 Å². The van der Waals surface area contributed by atoms with Gasteiger partial charge >= 0.3 is 0 Å². The molecule has 0 N–H and O–H groups in total. The van der Waals surface area contributed by atoms with Gasteiger partial charge in [0.1, 0.15) is 5.58 Å². The fourth-order valence-corrected chi connectivity index (χ4v) is 5.66. The van der Waals surface area contributed by atoms with Crippen molar-refractivity contribution >= 4 is 54.6 Å². The Kier molecular flexibility index (Phi) is 3.66. The maximum Gasteiger partial charge on any atom is 0.135 e. The van der Waals surface area contributed by atoms with Crippen LogP contribution >= 0.6 is 0 Å². The third-order valence-electron chi connectivity index (χ3n) is 7.18.